The molecule has 142 valence electrons. The fourth-order valence-corrected chi connectivity index (χ4v) is 3.62. The number of hydrogen-bond donors (Lipinski definition) is 3. The third-order valence-corrected chi connectivity index (χ3v) is 5.14. The van der Waals surface area contributed by atoms with Gasteiger partial charge in [-0.1, -0.05) is 30.3 Å². The molecule has 2 aromatic carbocycles. The Morgan fingerprint density at radius 3 is 3.00 bits per heavy atom. The summed E-state index contributed by atoms with van der Waals surface area (Å²) in [5, 5.41) is 15.4. The van der Waals surface area contributed by atoms with Crippen molar-refractivity contribution in [2.24, 2.45) is 5.73 Å². The highest BCUT2D eigenvalue weighted by Crippen LogP contribution is 2.22. The van der Waals surface area contributed by atoms with E-state index < -0.39 is 13.0 Å². The molecule has 0 bridgehead atoms. The Bertz CT molecular complexity index is 1010. The normalized spacial score (nSPS) is 14.9. The van der Waals surface area contributed by atoms with Crippen molar-refractivity contribution in [1.29, 1.82) is 0 Å². The highest BCUT2D eigenvalue weighted by atomic mass is 16.5. The van der Waals surface area contributed by atoms with Crippen molar-refractivity contribution in [1.82, 2.24) is 10.2 Å². The number of ether oxygens (including phenoxy) is 1. The van der Waals surface area contributed by atoms with E-state index in [1.54, 1.807) is 18.5 Å². The molecule has 1 aromatic heterocycles. The molecule has 0 spiro atoms. The molecule has 1 atom stereocenters. The van der Waals surface area contributed by atoms with Crippen LogP contribution in [0.4, 0.5) is 0 Å². The number of carbonyl (C=O) groups excluding carboxylic acids is 1. The summed E-state index contributed by atoms with van der Waals surface area (Å²) in [4.78, 5) is 17.1. The highest BCUT2D eigenvalue weighted by Gasteiger charge is 2.26. The van der Waals surface area contributed by atoms with E-state index in [0.29, 0.717) is 30.8 Å². The lowest BCUT2D eigenvalue weighted by Gasteiger charge is -2.17. The van der Waals surface area contributed by atoms with Gasteiger partial charge in [0.25, 0.3) is 0 Å². The average Bonchev–Trinajstić information content (AvgIpc) is 2.90. The van der Waals surface area contributed by atoms with Gasteiger partial charge < -0.3 is 20.7 Å². The van der Waals surface area contributed by atoms with E-state index in [1.807, 2.05) is 36.4 Å². The minimum atomic E-state index is -0.819. The lowest BCUT2D eigenvalue weighted by molar-refractivity contribution is -0.119. The van der Waals surface area contributed by atoms with E-state index in [4.69, 9.17) is 10.5 Å². The van der Waals surface area contributed by atoms with Crippen molar-refractivity contribution < 1.29 is 14.6 Å². The Morgan fingerprint density at radius 2 is 2.14 bits per heavy atom. The zero-order chi connectivity index (χ0) is 19.5. The third kappa shape index (κ3) is 3.78. The molecule has 1 aliphatic rings. The summed E-state index contributed by atoms with van der Waals surface area (Å²) >= 11 is 0. The number of benzene rings is 2. The van der Waals surface area contributed by atoms with E-state index in [1.165, 1.54) is 0 Å². The van der Waals surface area contributed by atoms with Gasteiger partial charge in [-0.15, -0.1) is 0 Å². The van der Waals surface area contributed by atoms with Gasteiger partial charge in [0.15, 0.2) is 0 Å². The number of ketones is 1. The first-order valence-corrected chi connectivity index (χ1v) is 9.39. The van der Waals surface area contributed by atoms with Crippen LogP contribution in [0.15, 0.2) is 54.9 Å². The van der Waals surface area contributed by atoms with Crippen molar-refractivity contribution in [3.8, 4) is 5.75 Å². The average molecular weight is 375 g/mol. The molecule has 1 aliphatic heterocycles. The van der Waals surface area contributed by atoms with Crippen LogP contribution >= 0.6 is 0 Å². The van der Waals surface area contributed by atoms with Gasteiger partial charge >= 0.3 is 7.05 Å². The summed E-state index contributed by atoms with van der Waals surface area (Å²) in [6.45, 7) is 1.25. The topological polar surface area (TPSA) is 97.5 Å². The third-order valence-electron chi connectivity index (χ3n) is 5.14. The molecule has 28 heavy (non-hydrogen) atoms. The Kier molecular flexibility index (Phi) is 5.39. The van der Waals surface area contributed by atoms with E-state index in [0.717, 1.165) is 21.9 Å². The van der Waals surface area contributed by atoms with Crippen molar-refractivity contribution in [3.05, 3.63) is 66.0 Å². The first-order chi connectivity index (χ1) is 13.7. The van der Waals surface area contributed by atoms with Crippen LogP contribution in [0, 0.1) is 0 Å². The number of pyridine rings is 1. The summed E-state index contributed by atoms with van der Waals surface area (Å²) in [7, 11) is -0.819. The standard InChI is InChI=1S/C21H22BN3O3/c23-12-18(16-3-4-21-19(11-16)22(27)25-7-8-28-21)20(26)10-14-1-2-17-13-24-6-5-15(17)9-14/h1-6,9,11,13,18,25,27H,7-8,10,12,23H2/t18-/m1/s1. The van der Waals surface area contributed by atoms with Crippen molar-refractivity contribution in [2.45, 2.75) is 12.3 Å². The van der Waals surface area contributed by atoms with Gasteiger partial charge in [-0.3, -0.25) is 9.78 Å². The molecule has 4 rings (SSSR count). The maximum atomic E-state index is 13.0. The predicted molar refractivity (Wildman–Crippen MR) is 110 cm³/mol. The van der Waals surface area contributed by atoms with Crippen LogP contribution in [0.1, 0.15) is 17.0 Å². The number of carbonyl (C=O) groups is 1. The fraction of sp³-hybridized carbons (Fsp3) is 0.238. The molecule has 0 amide bonds. The number of nitrogens with one attached hydrogen (secondary N) is 1. The second-order valence-corrected chi connectivity index (χ2v) is 6.99. The van der Waals surface area contributed by atoms with Crippen molar-refractivity contribution in [2.75, 3.05) is 19.7 Å². The zero-order valence-corrected chi connectivity index (χ0v) is 15.5. The number of Topliss-reactive ketones (excluding diaryl/α,β-unsaturated/α-hetero) is 1. The second-order valence-electron chi connectivity index (χ2n) is 6.99. The van der Waals surface area contributed by atoms with Gasteiger partial charge in [0.05, 0.1) is 12.5 Å². The minimum absolute atomic E-state index is 0.0489. The molecule has 7 heteroatoms. The lowest BCUT2D eigenvalue weighted by atomic mass is 9.72. The Hall–Kier alpha value is -2.74. The zero-order valence-electron chi connectivity index (χ0n) is 15.5. The van der Waals surface area contributed by atoms with E-state index in [9.17, 15) is 9.82 Å². The molecule has 2 heterocycles. The molecule has 6 nitrogen and oxygen atoms in total. The van der Waals surface area contributed by atoms with Crippen LogP contribution < -0.4 is 21.2 Å². The number of nitrogens with two attached hydrogens (primary N) is 1. The van der Waals surface area contributed by atoms with E-state index in [-0.39, 0.29) is 12.3 Å². The predicted octanol–water partition coefficient (Wildman–Crippen LogP) is 0.758. The largest absolute Gasteiger partial charge is 0.493 e. The quantitative estimate of drug-likeness (QED) is 0.570. The Morgan fingerprint density at radius 1 is 1.25 bits per heavy atom. The number of fused-ring (bicyclic) bond motifs is 2. The molecular formula is C21H22BN3O3. The lowest BCUT2D eigenvalue weighted by Crippen LogP contribution is -2.44. The SMILES string of the molecule is NC[C@@H](C(=O)Cc1ccc2cnccc2c1)c1ccc2c(c1)B(O)NCCO2. The minimum Gasteiger partial charge on any atom is -0.493 e. The summed E-state index contributed by atoms with van der Waals surface area (Å²) in [5.74, 6) is 0.245. The summed E-state index contributed by atoms with van der Waals surface area (Å²) in [5.41, 5.74) is 8.33. The summed E-state index contributed by atoms with van der Waals surface area (Å²) in [6, 6.07) is 13.4. The molecule has 3 aromatic rings. The van der Waals surface area contributed by atoms with E-state index in [2.05, 4.69) is 10.2 Å². The van der Waals surface area contributed by atoms with E-state index >= 15 is 0 Å². The maximum absolute atomic E-state index is 13.0. The van der Waals surface area contributed by atoms with Gasteiger partial charge in [0.2, 0.25) is 0 Å². The molecule has 0 fully saturated rings. The molecule has 0 radical (unpaired) electrons. The van der Waals surface area contributed by atoms with Crippen LogP contribution in [-0.4, -0.2) is 42.5 Å². The maximum Gasteiger partial charge on any atom is 0.417 e. The summed E-state index contributed by atoms with van der Waals surface area (Å²) in [6.07, 6.45) is 3.85. The monoisotopic (exact) mass is 375 g/mol. The number of nitrogens with zero attached hydrogens (tertiary/aromatic N) is 1. The van der Waals surface area contributed by atoms with Crippen LogP contribution in [0.5, 0.6) is 5.75 Å². The smallest absolute Gasteiger partial charge is 0.417 e. The second kappa shape index (κ2) is 8.10. The van der Waals surface area contributed by atoms with Crippen LogP contribution in [0.2, 0.25) is 0 Å². The molecule has 0 unspecified atom stereocenters. The van der Waals surface area contributed by atoms with Gasteiger partial charge in [0.1, 0.15) is 11.5 Å². The van der Waals surface area contributed by atoms with Gasteiger partial charge in [0, 0.05) is 42.8 Å². The summed E-state index contributed by atoms with van der Waals surface area (Å²) < 4.78 is 5.64. The molecular weight excluding hydrogens is 353 g/mol. The van der Waals surface area contributed by atoms with Crippen LogP contribution in [-0.2, 0) is 11.2 Å². The van der Waals surface area contributed by atoms with Gasteiger partial charge in [-0.2, -0.15) is 0 Å². The van der Waals surface area contributed by atoms with Crippen LogP contribution in [0.3, 0.4) is 0 Å². The van der Waals surface area contributed by atoms with Crippen molar-refractivity contribution >= 4 is 29.1 Å². The van der Waals surface area contributed by atoms with Gasteiger partial charge in [-0.25, -0.2) is 0 Å². The molecule has 0 aliphatic carbocycles. The number of hydrogen-bond acceptors (Lipinski definition) is 6. The fourth-order valence-electron chi connectivity index (χ4n) is 3.62. The highest BCUT2D eigenvalue weighted by molar-refractivity contribution is 6.64. The molecule has 0 saturated heterocycles. The molecule has 4 N–H and O–H groups in total. The number of rotatable bonds is 5. The van der Waals surface area contributed by atoms with Crippen LogP contribution in [0.25, 0.3) is 10.8 Å². The van der Waals surface area contributed by atoms with Gasteiger partial charge in [-0.05, 0) is 28.6 Å². The first kappa shape index (κ1) is 18.6. The number of aromatic nitrogens is 1. The first-order valence-electron chi connectivity index (χ1n) is 9.39. The molecule has 0 saturated carbocycles. The Labute approximate surface area is 163 Å². The Balaban J connectivity index is 1.58. The van der Waals surface area contributed by atoms with Crippen molar-refractivity contribution in [3.63, 3.8) is 0 Å².